The third-order valence-corrected chi connectivity index (χ3v) is 8.05. The van der Waals surface area contributed by atoms with E-state index in [9.17, 15) is 28.8 Å². The van der Waals surface area contributed by atoms with Crippen LogP contribution in [0.25, 0.3) is 0 Å². The number of nitrogens with zero attached hydrogens (tertiary/aromatic N) is 2. The molecule has 23 N–H and O–H groups in total. The minimum atomic E-state index is -1.20. The molecule has 0 aromatic rings. The van der Waals surface area contributed by atoms with Gasteiger partial charge in [-0.15, -0.1) is 0 Å². The molecular formula is C32H66N16O6. The van der Waals surface area contributed by atoms with E-state index in [0.29, 0.717) is 45.1 Å². The molecule has 0 radical (unpaired) electrons. The summed E-state index contributed by atoms with van der Waals surface area (Å²) in [5, 5.41) is 13.3. The molecule has 0 aliphatic heterocycles. The average molecular weight is 771 g/mol. The Kier molecular flexibility index (Phi) is 27.0. The topological polar surface area (TPSA) is 421 Å². The standard InChI is InChI=1S/C32H66N16O6/c33-14-2-1-13-25(49)44-21(11-6-18-42-31(38)39)27(51)48-24(12-7-19-43-32(40)41)30(54)47-23(10-5-17-36)29(53)46-22(9-4-16-35)28(52)45-20(26(37)50)8-3-15-34/h20-24H,1-19,33-36H2,(H2,37,50)(H,44,49)(H,45,52)(H,46,53)(H,47,54)(H,48,51)(H4,38,39,42)(H4,40,41,43)/t20-,21-,22-,23-,24-/m1/s1. The number of carbonyl (C=O) groups is 6. The van der Waals surface area contributed by atoms with Crippen LogP contribution < -0.4 is 78.2 Å². The van der Waals surface area contributed by atoms with E-state index in [2.05, 4.69) is 36.6 Å². The van der Waals surface area contributed by atoms with E-state index >= 15 is 0 Å². The van der Waals surface area contributed by atoms with Gasteiger partial charge in [0, 0.05) is 19.5 Å². The van der Waals surface area contributed by atoms with E-state index in [1.807, 2.05) is 0 Å². The molecule has 0 fully saturated rings. The van der Waals surface area contributed by atoms with Crippen LogP contribution in [0.2, 0.25) is 0 Å². The van der Waals surface area contributed by atoms with Gasteiger partial charge in [-0.3, -0.25) is 38.8 Å². The van der Waals surface area contributed by atoms with Crippen LogP contribution in [0.3, 0.4) is 0 Å². The number of unbranched alkanes of at least 4 members (excludes halogenated alkanes) is 1. The maximum absolute atomic E-state index is 13.8. The van der Waals surface area contributed by atoms with Crippen LogP contribution >= 0.6 is 0 Å². The lowest BCUT2D eigenvalue weighted by atomic mass is 10.0. The Balaban J connectivity index is 6.26. The average Bonchev–Trinajstić information content (AvgIpc) is 3.11. The molecule has 0 bridgehead atoms. The van der Waals surface area contributed by atoms with Crippen LogP contribution in [-0.4, -0.2) is 117 Å². The van der Waals surface area contributed by atoms with Gasteiger partial charge in [0.1, 0.15) is 30.2 Å². The zero-order valence-corrected chi connectivity index (χ0v) is 31.4. The molecule has 22 heteroatoms. The Labute approximate surface area is 317 Å². The van der Waals surface area contributed by atoms with Crippen molar-refractivity contribution in [1.82, 2.24) is 26.6 Å². The van der Waals surface area contributed by atoms with E-state index in [0.717, 1.165) is 0 Å². The van der Waals surface area contributed by atoms with Crippen LogP contribution in [0.4, 0.5) is 0 Å². The largest absolute Gasteiger partial charge is 0.370 e. The van der Waals surface area contributed by atoms with Crippen molar-refractivity contribution in [3.63, 3.8) is 0 Å². The van der Waals surface area contributed by atoms with Gasteiger partial charge in [0.25, 0.3) is 0 Å². The highest BCUT2D eigenvalue weighted by molar-refractivity contribution is 5.96. The first-order chi connectivity index (χ1) is 25.7. The number of primary amides is 1. The molecule has 0 spiro atoms. The molecular weight excluding hydrogens is 704 g/mol. The zero-order chi connectivity index (χ0) is 40.9. The molecule has 0 heterocycles. The lowest BCUT2D eigenvalue weighted by molar-refractivity contribution is -0.135. The van der Waals surface area contributed by atoms with Crippen LogP contribution in [0.5, 0.6) is 0 Å². The van der Waals surface area contributed by atoms with Crippen molar-refractivity contribution >= 4 is 47.4 Å². The SMILES string of the molecule is NCCCCC(=O)N[C@H](CCCN=C(N)N)C(=O)N[C@H](CCCN=C(N)N)C(=O)N[C@H](CCCN)C(=O)N[C@H](CCCN)C(=O)N[C@H](CCCN)C(N)=O. The Morgan fingerprint density at radius 1 is 0.407 bits per heavy atom. The van der Waals surface area contributed by atoms with Crippen molar-refractivity contribution in [1.29, 1.82) is 0 Å². The molecule has 0 rings (SSSR count). The minimum Gasteiger partial charge on any atom is -0.370 e. The molecule has 0 aromatic carbocycles. The lowest BCUT2D eigenvalue weighted by Gasteiger charge is -2.27. The minimum absolute atomic E-state index is 0.0452. The second-order valence-corrected chi connectivity index (χ2v) is 12.7. The molecule has 5 atom stereocenters. The van der Waals surface area contributed by atoms with E-state index in [-0.39, 0.29) is 95.5 Å². The Morgan fingerprint density at radius 3 is 1.06 bits per heavy atom. The van der Waals surface area contributed by atoms with Crippen LogP contribution in [0, 0.1) is 0 Å². The fourth-order valence-electron chi connectivity index (χ4n) is 5.12. The highest BCUT2D eigenvalue weighted by Crippen LogP contribution is 2.08. The fraction of sp³-hybridized carbons (Fsp3) is 0.750. The Morgan fingerprint density at radius 2 is 0.722 bits per heavy atom. The number of amides is 6. The van der Waals surface area contributed by atoms with Crippen LogP contribution in [0.15, 0.2) is 9.98 Å². The number of hydrogen-bond donors (Lipinski definition) is 14. The highest BCUT2D eigenvalue weighted by Gasteiger charge is 2.32. The number of nitrogens with one attached hydrogen (secondary N) is 5. The van der Waals surface area contributed by atoms with Crippen molar-refractivity contribution in [2.45, 2.75) is 114 Å². The van der Waals surface area contributed by atoms with Gasteiger partial charge in [-0.25, -0.2) is 0 Å². The summed E-state index contributed by atoms with van der Waals surface area (Å²) in [5.41, 5.74) is 49.7. The van der Waals surface area contributed by atoms with Gasteiger partial charge in [-0.05, 0) is 103 Å². The molecule has 0 saturated heterocycles. The Bertz CT molecular complexity index is 1210. The number of guanidine groups is 2. The molecule has 310 valence electrons. The van der Waals surface area contributed by atoms with Gasteiger partial charge in [0.15, 0.2) is 11.9 Å². The number of rotatable bonds is 31. The first-order valence-electron chi connectivity index (χ1n) is 18.4. The first kappa shape index (κ1) is 49.2. The van der Waals surface area contributed by atoms with Gasteiger partial charge in [-0.1, -0.05) is 0 Å². The van der Waals surface area contributed by atoms with Gasteiger partial charge in [0.05, 0.1) is 0 Å². The van der Waals surface area contributed by atoms with E-state index in [1.54, 1.807) is 0 Å². The second kappa shape index (κ2) is 29.6. The van der Waals surface area contributed by atoms with Crippen LogP contribution in [-0.2, 0) is 28.8 Å². The van der Waals surface area contributed by atoms with Crippen molar-refractivity contribution in [3.8, 4) is 0 Å². The molecule has 0 unspecified atom stereocenters. The van der Waals surface area contributed by atoms with Gasteiger partial charge in [0.2, 0.25) is 35.4 Å². The smallest absolute Gasteiger partial charge is 0.243 e. The highest BCUT2D eigenvalue weighted by atomic mass is 16.2. The number of hydrogen-bond acceptors (Lipinski definition) is 12. The molecule has 54 heavy (non-hydrogen) atoms. The quantitative estimate of drug-likeness (QED) is 0.0178. The summed E-state index contributed by atoms with van der Waals surface area (Å²) in [4.78, 5) is 86.9. The predicted octanol–water partition coefficient (Wildman–Crippen LogP) is -5.65. The molecule has 0 saturated carbocycles. The summed E-state index contributed by atoms with van der Waals surface area (Å²) < 4.78 is 0. The maximum atomic E-state index is 13.8. The van der Waals surface area contributed by atoms with Crippen molar-refractivity contribution in [2.24, 2.45) is 61.6 Å². The normalized spacial score (nSPS) is 13.6. The van der Waals surface area contributed by atoms with E-state index in [4.69, 9.17) is 51.6 Å². The summed E-state index contributed by atoms with van der Waals surface area (Å²) in [7, 11) is 0. The third-order valence-electron chi connectivity index (χ3n) is 8.05. The number of aliphatic imine (C=N–C) groups is 2. The molecule has 6 amide bonds. The molecule has 0 aliphatic rings. The summed E-state index contributed by atoms with van der Waals surface area (Å²) >= 11 is 0. The summed E-state index contributed by atoms with van der Waals surface area (Å²) in [6.07, 6.45) is 3.54. The summed E-state index contributed by atoms with van der Waals surface area (Å²) in [6, 6.07) is -5.58. The second-order valence-electron chi connectivity index (χ2n) is 12.7. The predicted molar refractivity (Wildman–Crippen MR) is 206 cm³/mol. The van der Waals surface area contributed by atoms with Gasteiger partial charge in [-0.2, -0.15) is 0 Å². The summed E-state index contributed by atoms with van der Waals surface area (Å²) in [5.74, 6) is -4.19. The molecule has 0 aliphatic carbocycles. The van der Waals surface area contributed by atoms with E-state index in [1.165, 1.54) is 0 Å². The van der Waals surface area contributed by atoms with Crippen molar-refractivity contribution < 1.29 is 28.8 Å². The monoisotopic (exact) mass is 771 g/mol. The maximum Gasteiger partial charge on any atom is 0.243 e. The molecule has 0 aromatic heterocycles. The molecule has 22 nitrogen and oxygen atoms in total. The van der Waals surface area contributed by atoms with Crippen molar-refractivity contribution in [3.05, 3.63) is 0 Å². The van der Waals surface area contributed by atoms with Crippen molar-refractivity contribution in [2.75, 3.05) is 39.3 Å². The zero-order valence-electron chi connectivity index (χ0n) is 31.4. The van der Waals surface area contributed by atoms with Gasteiger partial charge < -0.3 is 78.2 Å². The fourth-order valence-corrected chi connectivity index (χ4v) is 5.12. The third kappa shape index (κ3) is 23.0. The summed E-state index contributed by atoms with van der Waals surface area (Å²) in [6.45, 7) is 1.40. The number of carbonyl (C=O) groups excluding carboxylic acids is 6. The first-order valence-corrected chi connectivity index (χ1v) is 18.4. The Hall–Kier alpha value is -4.80. The number of nitrogens with two attached hydrogens (primary N) is 9. The van der Waals surface area contributed by atoms with Crippen LogP contribution in [0.1, 0.15) is 83.5 Å². The van der Waals surface area contributed by atoms with Gasteiger partial charge >= 0.3 is 0 Å². The van der Waals surface area contributed by atoms with E-state index < -0.39 is 59.7 Å². The lowest BCUT2D eigenvalue weighted by Crippen LogP contribution is -2.59.